The third kappa shape index (κ3) is 5.37. The molecule has 0 aliphatic carbocycles. The van der Waals surface area contributed by atoms with Crippen molar-refractivity contribution in [2.75, 3.05) is 7.11 Å². The van der Waals surface area contributed by atoms with Gasteiger partial charge in [-0.15, -0.1) is 0 Å². The van der Waals surface area contributed by atoms with Gasteiger partial charge in [0.1, 0.15) is 18.0 Å². The highest BCUT2D eigenvalue weighted by Crippen LogP contribution is 2.34. The Morgan fingerprint density at radius 2 is 1.82 bits per heavy atom. The van der Waals surface area contributed by atoms with Gasteiger partial charge in [-0.1, -0.05) is 26.0 Å². The molecule has 3 aromatic rings. The summed E-state index contributed by atoms with van der Waals surface area (Å²) in [6.07, 6.45) is 0.790. The van der Waals surface area contributed by atoms with Gasteiger partial charge < -0.3 is 14.9 Å². The highest BCUT2D eigenvalue weighted by Gasteiger charge is 2.22. The lowest BCUT2D eigenvalue weighted by Gasteiger charge is -2.18. The normalized spacial score (nSPS) is 12.4. The zero-order valence-electron chi connectivity index (χ0n) is 19.0. The first-order valence-corrected chi connectivity index (χ1v) is 10.6. The second kappa shape index (κ2) is 10.4. The van der Waals surface area contributed by atoms with Crippen LogP contribution in [0.15, 0.2) is 42.5 Å². The molecule has 0 fully saturated rings. The van der Waals surface area contributed by atoms with E-state index in [9.17, 15) is 23.9 Å². The molecule has 1 atom stereocenters. The quantitative estimate of drug-likeness (QED) is 0.362. The number of halogens is 1. The summed E-state index contributed by atoms with van der Waals surface area (Å²) in [6, 6.07) is 9.03. The largest absolute Gasteiger partial charge is 0.481 e. The van der Waals surface area contributed by atoms with E-state index in [0.717, 1.165) is 5.56 Å². The molecule has 0 aliphatic heterocycles. The second-order valence-corrected chi connectivity index (χ2v) is 8.08. The number of hydrogen-bond acceptors (Lipinski definition) is 6. The predicted octanol–water partition coefficient (Wildman–Crippen LogP) is 3.86. The van der Waals surface area contributed by atoms with Crippen LogP contribution in [0.1, 0.15) is 54.2 Å². The van der Waals surface area contributed by atoms with Crippen molar-refractivity contribution < 1.29 is 33.7 Å². The number of esters is 1. The lowest BCUT2D eigenvalue weighted by Crippen LogP contribution is -2.14. The van der Waals surface area contributed by atoms with Crippen molar-refractivity contribution in [1.29, 1.82) is 0 Å². The van der Waals surface area contributed by atoms with Gasteiger partial charge in [0.2, 0.25) is 0 Å². The van der Waals surface area contributed by atoms with Gasteiger partial charge in [0.25, 0.3) is 0 Å². The molecule has 9 heteroatoms. The third-order valence-corrected chi connectivity index (χ3v) is 5.24. The van der Waals surface area contributed by atoms with Crippen molar-refractivity contribution in [1.82, 2.24) is 9.61 Å². The number of carboxylic acid groups (broad SMARTS) is 1. The third-order valence-electron chi connectivity index (χ3n) is 5.24. The molecule has 178 valence electrons. The molecule has 3 rings (SSSR count). The van der Waals surface area contributed by atoms with Crippen molar-refractivity contribution >= 4 is 29.3 Å². The Kier molecular flexibility index (Phi) is 7.57. The molecule has 0 radical (unpaired) electrons. The van der Waals surface area contributed by atoms with Crippen LogP contribution in [0.2, 0.25) is 0 Å². The molecule has 0 saturated carbocycles. The van der Waals surface area contributed by atoms with Crippen LogP contribution < -0.4 is 0 Å². The summed E-state index contributed by atoms with van der Waals surface area (Å²) in [6.45, 7) is 3.91. The lowest BCUT2D eigenvalue weighted by atomic mass is 9.93. The highest BCUT2D eigenvalue weighted by atomic mass is 19.1. The van der Waals surface area contributed by atoms with Crippen molar-refractivity contribution in [3.8, 4) is 11.3 Å². The minimum atomic E-state index is -1.26. The molecule has 1 unspecified atom stereocenters. The van der Waals surface area contributed by atoms with Gasteiger partial charge in [0, 0.05) is 17.5 Å². The standard InChI is InChI=1S/C25H25FN2O6/c1-14(2)23-19(9-8-17(29)12-18(30)13-22(31)32)24(15-4-6-16(26)7-5-15)27-28-20(23)10-11-21(28)25(33)34-3/h4-11,14,17,29H,12-13H2,1-3H3,(H,31,32)/b9-8+. The van der Waals surface area contributed by atoms with Gasteiger partial charge >= 0.3 is 11.9 Å². The number of aliphatic hydroxyl groups is 1. The average molecular weight is 468 g/mol. The fraction of sp³-hybridized carbons (Fsp3) is 0.280. The molecule has 8 nitrogen and oxygen atoms in total. The van der Waals surface area contributed by atoms with E-state index in [1.54, 1.807) is 30.3 Å². The summed E-state index contributed by atoms with van der Waals surface area (Å²) in [5.74, 6) is -2.89. The number of hydrogen-bond donors (Lipinski definition) is 2. The number of benzene rings is 1. The van der Waals surface area contributed by atoms with Crippen molar-refractivity contribution in [3.63, 3.8) is 0 Å². The van der Waals surface area contributed by atoms with E-state index in [2.05, 4.69) is 5.10 Å². The number of rotatable bonds is 9. The van der Waals surface area contributed by atoms with Crippen molar-refractivity contribution in [2.24, 2.45) is 0 Å². The zero-order chi connectivity index (χ0) is 25.0. The van der Waals surface area contributed by atoms with Gasteiger partial charge in [-0.2, -0.15) is 5.10 Å². The van der Waals surface area contributed by atoms with Crippen LogP contribution in [-0.2, 0) is 14.3 Å². The first-order chi connectivity index (χ1) is 16.1. The molecule has 0 saturated heterocycles. The second-order valence-electron chi connectivity index (χ2n) is 8.08. The maximum absolute atomic E-state index is 13.6. The topological polar surface area (TPSA) is 118 Å². The summed E-state index contributed by atoms with van der Waals surface area (Å²) in [5.41, 5.74) is 3.30. The Bertz CT molecular complexity index is 1260. The number of fused-ring (bicyclic) bond motifs is 1. The maximum Gasteiger partial charge on any atom is 0.356 e. The zero-order valence-corrected chi connectivity index (χ0v) is 19.0. The first-order valence-electron chi connectivity index (χ1n) is 10.6. The summed E-state index contributed by atoms with van der Waals surface area (Å²) in [7, 11) is 1.27. The molecule has 2 heterocycles. The van der Waals surface area contributed by atoms with Gasteiger partial charge in [-0.25, -0.2) is 13.7 Å². The average Bonchev–Trinajstić information content (AvgIpc) is 3.19. The Labute approximate surface area is 195 Å². The Morgan fingerprint density at radius 3 is 2.41 bits per heavy atom. The van der Waals surface area contributed by atoms with Crippen LogP contribution in [0.25, 0.3) is 22.9 Å². The lowest BCUT2D eigenvalue weighted by molar-refractivity contribution is -0.140. The number of aromatic nitrogens is 2. The molecule has 2 aromatic heterocycles. The molecular formula is C25H25FN2O6. The molecule has 1 aromatic carbocycles. The molecular weight excluding hydrogens is 443 g/mol. The van der Waals surface area contributed by atoms with E-state index in [0.29, 0.717) is 22.3 Å². The first kappa shape index (κ1) is 24.8. The summed E-state index contributed by atoms with van der Waals surface area (Å²) in [4.78, 5) is 34.8. The van der Waals surface area contributed by atoms with Crippen LogP contribution in [-0.4, -0.2) is 50.8 Å². The number of ether oxygens (including phenoxy) is 1. The van der Waals surface area contributed by atoms with E-state index in [1.807, 2.05) is 13.8 Å². The van der Waals surface area contributed by atoms with E-state index in [1.165, 1.54) is 29.8 Å². The predicted molar refractivity (Wildman–Crippen MR) is 123 cm³/mol. The van der Waals surface area contributed by atoms with Gasteiger partial charge in [-0.3, -0.25) is 9.59 Å². The fourth-order valence-corrected chi connectivity index (χ4v) is 3.76. The summed E-state index contributed by atoms with van der Waals surface area (Å²) < 4.78 is 19.9. The van der Waals surface area contributed by atoms with Gasteiger partial charge in [0.15, 0.2) is 5.69 Å². The number of ketones is 1. The molecule has 0 spiro atoms. The van der Waals surface area contributed by atoms with E-state index >= 15 is 0 Å². The Hall–Kier alpha value is -3.85. The molecule has 0 amide bonds. The molecule has 0 aliphatic rings. The maximum atomic E-state index is 13.6. The number of carbonyl (C=O) groups is 3. The number of aliphatic hydroxyl groups excluding tert-OH is 1. The number of aliphatic carboxylic acids is 1. The molecule has 2 N–H and O–H groups in total. The summed E-state index contributed by atoms with van der Waals surface area (Å²) in [5, 5.41) is 23.7. The van der Waals surface area contributed by atoms with E-state index in [-0.39, 0.29) is 18.0 Å². The van der Waals surface area contributed by atoms with Gasteiger partial charge in [0.05, 0.1) is 24.4 Å². The fourth-order valence-electron chi connectivity index (χ4n) is 3.76. The molecule has 0 bridgehead atoms. The highest BCUT2D eigenvalue weighted by molar-refractivity contribution is 5.95. The number of carboxylic acids is 1. The van der Waals surface area contributed by atoms with E-state index in [4.69, 9.17) is 9.84 Å². The van der Waals surface area contributed by atoms with Crippen LogP contribution in [0.3, 0.4) is 0 Å². The number of carbonyl (C=O) groups excluding carboxylic acids is 2. The van der Waals surface area contributed by atoms with E-state index < -0.39 is 36.1 Å². The number of methoxy groups -OCH3 is 1. The van der Waals surface area contributed by atoms with Gasteiger partial charge in [-0.05, 0) is 47.9 Å². The molecule has 34 heavy (non-hydrogen) atoms. The Balaban J connectivity index is 2.19. The van der Waals surface area contributed by atoms with Crippen LogP contribution in [0.4, 0.5) is 4.39 Å². The van der Waals surface area contributed by atoms with Crippen molar-refractivity contribution in [2.45, 2.75) is 38.7 Å². The number of Topliss-reactive ketones (excluding diaryl/α,β-unsaturated/α-hetero) is 1. The number of nitrogens with zero attached hydrogens (tertiary/aromatic N) is 2. The van der Waals surface area contributed by atoms with Crippen LogP contribution in [0.5, 0.6) is 0 Å². The monoisotopic (exact) mass is 468 g/mol. The minimum absolute atomic E-state index is 0.0458. The smallest absolute Gasteiger partial charge is 0.356 e. The SMILES string of the molecule is COC(=O)c1ccc2c(C(C)C)c(/C=C/C(O)CC(=O)CC(=O)O)c(-c3ccc(F)cc3)nn12. The summed E-state index contributed by atoms with van der Waals surface area (Å²) >= 11 is 0. The Morgan fingerprint density at radius 1 is 1.15 bits per heavy atom. The minimum Gasteiger partial charge on any atom is -0.481 e. The van der Waals surface area contributed by atoms with Crippen LogP contribution >= 0.6 is 0 Å². The van der Waals surface area contributed by atoms with Crippen LogP contribution in [0, 0.1) is 5.82 Å². The van der Waals surface area contributed by atoms with Crippen molar-refractivity contribution in [3.05, 3.63) is 65.1 Å².